The van der Waals surface area contributed by atoms with Crippen molar-refractivity contribution in [2.75, 3.05) is 13.1 Å². The van der Waals surface area contributed by atoms with E-state index < -0.39 is 0 Å². The fraction of sp³-hybridized carbons (Fsp3) is 0.318. The Hall–Kier alpha value is -2.95. The van der Waals surface area contributed by atoms with Crippen LogP contribution in [0.15, 0.2) is 59.1 Å². The molecular formula is C22H23N3O2. The number of nitrogens with zero attached hydrogens (tertiary/aromatic N) is 3. The van der Waals surface area contributed by atoms with E-state index in [1.54, 1.807) is 0 Å². The van der Waals surface area contributed by atoms with Gasteiger partial charge in [-0.3, -0.25) is 4.79 Å². The lowest BCUT2D eigenvalue weighted by atomic mass is 10.0. The predicted octanol–water partition coefficient (Wildman–Crippen LogP) is 4.16. The third-order valence-electron chi connectivity index (χ3n) is 5.18. The van der Waals surface area contributed by atoms with Gasteiger partial charge >= 0.3 is 0 Å². The van der Waals surface area contributed by atoms with Crippen LogP contribution in [0.5, 0.6) is 0 Å². The number of aromatic nitrogens is 2. The molecule has 0 bridgehead atoms. The van der Waals surface area contributed by atoms with Crippen molar-refractivity contribution in [1.82, 2.24) is 15.0 Å². The third kappa shape index (κ3) is 3.77. The summed E-state index contributed by atoms with van der Waals surface area (Å²) in [5.74, 6) is 1.53. The van der Waals surface area contributed by atoms with Gasteiger partial charge in [-0.25, -0.2) is 0 Å². The number of hydrogen-bond donors (Lipinski definition) is 0. The molecule has 0 spiro atoms. The first kappa shape index (κ1) is 17.5. The summed E-state index contributed by atoms with van der Waals surface area (Å²) in [5.41, 5.74) is 3.36. The van der Waals surface area contributed by atoms with Crippen molar-refractivity contribution >= 4 is 5.91 Å². The monoisotopic (exact) mass is 361 g/mol. The van der Waals surface area contributed by atoms with Crippen molar-refractivity contribution in [3.63, 3.8) is 0 Å². The summed E-state index contributed by atoms with van der Waals surface area (Å²) in [6, 6.07) is 18.3. The second kappa shape index (κ2) is 7.35. The van der Waals surface area contributed by atoms with Gasteiger partial charge in [-0.1, -0.05) is 72.2 Å². The van der Waals surface area contributed by atoms with Crippen LogP contribution in [0.3, 0.4) is 0 Å². The number of rotatable bonds is 5. The molecule has 5 nitrogen and oxygen atoms in total. The van der Waals surface area contributed by atoms with E-state index in [4.69, 9.17) is 4.52 Å². The maximum Gasteiger partial charge on any atom is 0.232 e. The van der Waals surface area contributed by atoms with Crippen LogP contribution in [0, 0.1) is 6.92 Å². The quantitative estimate of drug-likeness (QED) is 0.684. The lowest BCUT2D eigenvalue weighted by Gasteiger charge is -2.21. The maximum atomic E-state index is 12.5. The normalized spacial score (nSPS) is 18.1. The minimum absolute atomic E-state index is 0.0350. The molecule has 0 saturated carbocycles. The largest absolute Gasteiger partial charge is 0.341 e. The highest BCUT2D eigenvalue weighted by Gasteiger charge is 2.35. The molecule has 2 aromatic carbocycles. The van der Waals surface area contributed by atoms with Crippen LogP contribution in [0.2, 0.25) is 0 Å². The molecule has 27 heavy (non-hydrogen) atoms. The van der Waals surface area contributed by atoms with Crippen LogP contribution >= 0.6 is 0 Å². The minimum atomic E-state index is -0.0350. The van der Waals surface area contributed by atoms with Gasteiger partial charge in [-0.05, 0) is 18.4 Å². The van der Waals surface area contributed by atoms with Crippen LogP contribution in [0.1, 0.15) is 42.2 Å². The van der Waals surface area contributed by atoms with E-state index in [1.165, 1.54) is 11.1 Å². The van der Waals surface area contributed by atoms with Gasteiger partial charge in [0, 0.05) is 25.1 Å². The lowest BCUT2D eigenvalue weighted by Crippen LogP contribution is -2.29. The topological polar surface area (TPSA) is 59.2 Å². The number of benzene rings is 2. The Balaban J connectivity index is 1.44. The summed E-state index contributed by atoms with van der Waals surface area (Å²) in [7, 11) is 0. The molecule has 2 atom stereocenters. The van der Waals surface area contributed by atoms with E-state index in [0.717, 1.165) is 5.56 Å². The number of amides is 1. The van der Waals surface area contributed by atoms with Gasteiger partial charge in [0.1, 0.15) is 0 Å². The Morgan fingerprint density at radius 2 is 1.89 bits per heavy atom. The summed E-state index contributed by atoms with van der Waals surface area (Å²) in [6.45, 7) is 5.53. The predicted molar refractivity (Wildman–Crippen MR) is 103 cm³/mol. The second-order valence-corrected chi connectivity index (χ2v) is 7.33. The van der Waals surface area contributed by atoms with E-state index >= 15 is 0 Å². The van der Waals surface area contributed by atoms with E-state index in [0.29, 0.717) is 37.1 Å². The molecule has 138 valence electrons. The molecule has 2 heterocycles. The third-order valence-corrected chi connectivity index (χ3v) is 5.18. The first-order valence-corrected chi connectivity index (χ1v) is 9.33. The minimum Gasteiger partial charge on any atom is -0.341 e. The van der Waals surface area contributed by atoms with E-state index in [-0.39, 0.29) is 11.8 Å². The molecule has 1 saturated heterocycles. The zero-order chi connectivity index (χ0) is 18.8. The second-order valence-electron chi connectivity index (χ2n) is 7.33. The maximum absolute atomic E-state index is 12.5. The summed E-state index contributed by atoms with van der Waals surface area (Å²) in [4.78, 5) is 18.9. The Bertz CT molecular complexity index is 918. The van der Waals surface area contributed by atoms with Gasteiger partial charge < -0.3 is 9.42 Å². The molecule has 0 N–H and O–H groups in total. The molecule has 4 rings (SSSR count). The summed E-state index contributed by atoms with van der Waals surface area (Å²) >= 11 is 0. The fourth-order valence-electron chi connectivity index (χ4n) is 3.55. The molecule has 3 aromatic rings. The molecule has 1 fully saturated rings. The van der Waals surface area contributed by atoms with Crippen molar-refractivity contribution in [3.05, 3.63) is 71.6 Å². The number of likely N-dealkylation sites (tertiary alicyclic amines) is 1. The Labute approximate surface area is 159 Å². The van der Waals surface area contributed by atoms with Crippen LogP contribution in [0.25, 0.3) is 11.4 Å². The number of aryl methyl sites for hydroxylation is 1. The first-order chi connectivity index (χ1) is 13.1. The van der Waals surface area contributed by atoms with E-state index in [9.17, 15) is 4.79 Å². The van der Waals surface area contributed by atoms with Gasteiger partial charge in [0.05, 0.1) is 5.92 Å². The van der Waals surface area contributed by atoms with Crippen molar-refractivity contribution in [1.29, 1.82) is 0 Å². The molecule has 0 aliphatic carbocycles. The van der Waals surface area contributed by atoms with Crippen LogP contribution in [0.4, 0.5) is 0 Å². The summed E-state index contributed by atoms with van der Waals surface area (Å²) < 4.78 is 5.48. The average Bonchev–Trinajstić information content (AvgIpc) is 3.30. The Morgan fingerprint density at radius 1 is 1.15 bits per heavy atom. The van der Waals surface area contributed by atoms with E-state index in [2.05, 4.69) is 29.2 Å². The highest BCUT2D eigenvalue weighted by Crippen LogP contribution is 2.30. The number of hydrogen-bond acceptors (Lipinski definition) is 4. The molecule has 1 aromatic heterocycles. The standard InChI is InChI=1S/C22H23N3O2/c1-15-8-10-18(11-9-15)21-23-22(27-24-21)19-12-20(26)25(14-19)13-16(2)17-6-4-3-5-7-17/h3-11,16,19H,12-14H2,1-2H3. The number of carbonyl (C=O) groups excluding carboxylic acids is 1. The van der Waals surface area contributed by atoms with Crippen molar-refractivity contribution in [2.45, 2.75) is 32.1 Å². The zero-order valence-electron chi connectivity index (χ0n) is 15.6. The van der Waals surface area contributed by atoms with Gasteiger partial charge in [0.25, 0.3) is 0 Å². The van der Waals surface area contributed by atoms with E-state index in [1.807, 2.05) is 54.3 Å². The van der Waals surface area contributed by atoms with Crippen molar-refractivity contribution in [3.8, 4) is 11.4 Å². The summed E-state index contributed by atoms with van der Waals surface area (Å²) in [6.07, 6.45) is 0.428. The highest BCUT2D eigenvalue weighted by molar-refractivity contribution is 5.79. The van der Waals surface area contributed by atoms with Crippen LogP contribution in [-0.4, -0.2) is 34.0 Å². The lowest BCUT2D eigenvalue weighted by molar-refractivity contribution is -0.127. The molecule has 1 aliphatic rings. The Kier molecular flexibility index (Phi) is 4.75. The van der Waals surface area contributed by atoms with Crippen LogP contribution in [-0.2, 0) is 4.79 Å². The Morgan fingerprint density at radius 3 is 2.63 bits per heavy atom. The molecular weight excluding hydrogens is 338 g/mol. The highest BCUT2D eigenvalue weighted by atomic mass is 16.5. The van der Waals surface area contributed by atoms with Crippen LogP contribution < -0.4 is 0 Å². The number of carbonyl (C=O) groups is 1. The fourth-order valence-corrected chi connectivity index (χ4v) is 3.55. The molecule has 2 unspecified atom stereocenters. The SMILES string of the molecule is Cc1ccc(-c2noc(C3CC(=O)N(CC(C)c4ccccc4)C3)n2)cc1. The smallest absolute Gasteiger partial charge is 0.232 e. The van der Waals surface area contributed by atoms with Gasteiger partial charge in [-0.2, -0.15) is 4.98 Å². The van der Waals surface area contributed by atoms with Gasteiger partial charge in [0.2, 0.25) is 17.6 Å². The summed E-state index contributed by atoms with van der Waals surface area (Å²) in [5, 5.41) is 4.10. The molecule has 1 aliphatic heterocycles. The first-order valence-electron chi connectivity index (χ1n) is 9.33. The van der Waals surface area contributed by atoms with Gasteiger partial charge in [0.15, 0.2) is 0 Å². The molecule has 1 amide bonds. The molecule has 5 heteroatoms. The average molecular weight is 361 g/mol. The van der Waals surface area contributed by atoms with Crippen molar-refractivity contribution in [2.24, 2.45) is 0 Å². The molecule has 0 radical (unpaired) electrons. The zero-order valence-corrected chi connectivity index (χ0v) is 15.6. The van der Waals surface area contributed by atoms with Crippen molar-refractivity contribution < 1.29 is 9.32 Å². The van der Waals surface area contributed by atoms with Gasteiger partial charge in [-0.15, -0.1) is 0 Å².